The molecule has 1 heterocycles. The topological polar surface area (TPSA) is 24.5 Å². The first kappa shape index (κ1) is 16.3. The van der Waals surface area contributed by atoms with Crippen molar-refractivity contribution in [2.24, 2.45) is 5.92 Å². The van der Waals surface area contributed by atoms with Crippen molar-refractivity contribution < 1.29 is 4.74 Å². The first-order valence-electron chi connectivity index (χ1n) is 8.34. The molecule has 1 saturated heterocycles. The standard InChI is InChI=1S/C18H30N2O/c1-16-5-3-6-18(15-16)21-14-4-11-20-12-8-17(9-13-20)7-10-19-2/h3,5-6,15,17,19H,4,7-14H2,1-2H3. The van der Waals surface area contributed by atoms with Gasteiger partial charge in [-0.05, 0) is 82.9 Å². The maximum absolute atomic E-state index is 5.82. The van der Waals surface area contributed by atoms with Crippen LogP contribution in [0.15, 0.2) is 24.3 Å². The van der Waals surface area contributed by atoms with Crippen LogP contribution in [0.2, 0.25) is 0 Å². The molecule has 0 radical (unpaired) electrons. The van der Waals surface area contributed by atoms with E-state index in [1.807, 2.05) is 13.1 Å². The molecule has 1 aliphatic rings. The van der Waals surface area contributed by atoms with E-state index in [0.717, 1.165) is 31.2 Å². The van der Waals surface area contributed by atoms with Gasteiger partial charge in [0.15, 0.2) is 0 Å². The molecule has 1 aromatic carbocycles. The van der Waals surface area contributed by atoms with Gasteiger partial charge in [0.2, 0.25) is 0 Å². The molecule has 1 aliphatic heterocycles. The lowest BCUT2D eigenvalue weighted by atomic mass is 9.93. The fourth-order valence-corrected chi connectivity index (χ4v) is 3.03. The molecular weight excluding hydrogens is 260 g/mol. The van der Waals surface area contributed by atoms with Gasteiger partial charge in [-0.25, -0.2) is 0 Å². The van der Waals surface area contributed by atoms with Crippen LogP contribution in [0.5, 0.6) is 5.75 Å². The van der Waals surface area contributed by atoms with Crippen LogP contribution in [0.3, 0.4) is 0 Å². The zero-order valence-electron chi connectivity index (χ0n) is 13.6. The molecule has 1 N–H and O–H groups in total. The summed E-state index contributed by atoms with van der Waals surface area (Å²) in [5.74, 6) is 1.93. The van der Waals surface area contributed by atoms with Crippen molar-refractivity contribution in [3.63, 3.8) is 0 Å². The fraction of sp³-hybridized carbons (Fsp3) is 0.667. The molecule has 0 saturated carbocycles. The second-order valence-corrected chi connectivity index (χ2v) is 6.20. The number of piperidine rings is 1. The van der Waals surface area contributed by atoms with E-state index >= 15 is 0 Å². The van der Waals surface area contributed by atoms with Crippen LogP contribution in [0.1, 0.15) is 31.2 Å². The summed E-state index contributed by atoms with van der Waals surface area (Å²) in [6.45, 7) is 7.78. The molecule has 21 heavy (non-hydrogen) atoms. The van der Waals surface area contributed by atoms with E-state index in [1.54, 1.807) is 0 Å². The Morgan fingerprint density at radius 3 is 2.81 bits per heavy atom. The van der Waals surface area contributed by atoms with Crippen LogP contribution in [-0.2, 0) is 0 Å². The summed E-state index contributed by atoms with van der Waals surface area (Å²) in [5.41, 5.74) is 1.26. The van der Waals surface area contributed by atoms with Crippen LogP contribution in [0, 0.1) is 12.8 Å². The minimum Gasteiger partial charge on any atom is -0.494 e. The third-order valence-electron chi connectivity index (χ3n) is 4.39. The van der Waals surface area contributed by atoms with Gasteiger partial charge >= 0.3 is 0 Å². The number of likely N-dealkylation sites (tertiary alicyclic amines) is 1. The van der Waals surface area contributed by atoms with Crippen molar-refractivity contribution in [1.29, 1.82) is 0 Å². The molecule has 118 valence electrons. The zero-order chi connectivity index (χ0) is 14.9. The fourth-order valence-electron chi connectivity index (χ4n) is 3.03. The second kappa shape index (κ2) is 9.06. The molecular formula is C18H30N2O. The summed E-state index contributed by atoms with van der Waals surface area (Å²) in [5, 5.41) is 3.26. The number of ether oxygens (including phenoxy) is 1. The van der Waals surface area contributed by atoms with Crippen molar-refractivity contribution >= 4 is 0 Å². The van der Waals surface area contributed by atoms with Gasteiger partial charge in [-0.2, -0.15) is 0 Å². The lowest BCUT2D eigenvalue weighted by Gasteiger charge is -2.31. The Morgan fingerprint density at radius 2 is 2.10 bits per heavy atom. The first-order valence-corrected chi connectivity index (χ1v) is 8.34. The highest BCUT2D eigenvalue weighted by molar-refractivity contribution is 5.27. The van der Waals surface area contributed by atoms with E-state index in [0.29, 0.717) is 0 Å². The summed E-state index contributed by atoms with van der Waals surface area (Å²) in [7, 11) is 2.05. The van der Waals surface area contributed by atoms with Crippen LogP contribution in [0.25, 0.3) is 0 Å². The molecule has 2 rings (SSSR count). The average Bonchev–Trinajstić information content (AvgIpc) is 2.51. The lowest BCUT2D eigenvalue weighted by Crippen LogP contribution is -2.35. The SMILES string of the molecule is CNCCC1CCN(CCCOc2cccc(C)c2)CC1. The van der Waals surface area contributed by atoms with Crippen LogP contribution < -0.4 is 10.1 Å². The predicted octanol–water partition coefficient (Wildman–Crippen LogP) is 3.09. The third kappa shape index (κ3) is 6.06. The van der Waals surface area contributed by atoms with Crippen molar-refractivity contribution in [3.05, 3.63) is 29.8 Å². The van der Waals surface area contributed by atoms with E-state index in [2.05, 4.69) is 35.3 Å². The van der Waals surface area contributed by atoms with Crippen LogP contribution >= 0.6 is 0 Å². The maximum Gasteiger partial charge on any atom is 0.119 e. The van der Waals surface area contributed by atoms with Gasteiger partial charge in [-0.1, -0.05) is 12.1 Å². The number of hydrogen-bond acceptors (Lipinski definition) is 3. The molecule has 3 nitrogen and oxygen atoms in total. The molecule has 0 aromatic heterocycles. The first-order chi connectivity index (χ1) is 10.3. The van der Waals surface area contributed by atoms with Gasteiger partial charge < -0.3 is 15.0 Å². The monoisotopic (exact) mass is 290 g/mol. The van der Waals surface area contributed by atoms with Crippen molar-refractivity contribution in [3.8, 4) is 5.75 Å². The molecule has 0 unspecified atom stereocenters. The molecule has 0 aliphatic carbocycles. The number of rotatable bonds is 8. The van der Waals surface area contributed by atoms with E-state index in [1.165, 1.54) is 44.5 Å². The van der Waals surface area contributed by atoms with Gasteiger partial charge in [0, 0.05) is 6.54 Å². The molecule has 0 spiro atoms. The second-order valence-electron chi connectivity index (χ2n) is 6.20. The van der Waals surface area contributed by atoms with Crippen molar-refractivity contribution in [2.45, 2.75) is 32.6 Å². The summed E-state index contributed by atoms with van der Waals surface area (Å²) in [4.78, 5) is 2.59. The molecule has 1 fully saturated rings. The minimum atomic E-state index is 0.823. The smallest absolute Gasteiger partial charge is 0.119 e. The molecule has 1 aromatic rings. The Morgan fingerprint density at radius 1 is 1.29 bits per heavy atom. The normalized spacial score (nSPS) is 17.0. The highest BCUT2D eigenvalue weighted by Crippen LogP contribution is 2.20. The largest absolute Gasteiger partial charge is 0.494 e. The summed E-state index contributed by atoms with van der Waals surface area (Å²) >= 11 is 0. The van der Waals surface area contributed by atoms with Crippen molar-refractivity contribution in [1.82, 2.24) is 10.2 Å². The van der Waals surface area contributed by atoms with Gasteiger partial charge in [0.1, 0.15) is 5.75 Å². The number of benzene rings is 1. The molecule has 3 heteroatoms. The Kier molecular flexibility index (Phi) is 7.04. The summed E-state index contributed by atoms with van der Waals surface area (Å²) in [6.07, 6.45) is 5.18. The average molecular weight is 290 g/mol. The third-order valence-corrected chi connectivity index (χ3v) is 4.39. The number of aryl methyl sites for hydroxylation is 1. The molecule has 0 amide bonds. The predicted molar refractivity (Wildman–Crippen MR) is 89.0 cm³/mol. The van der Waals surface area contributed by atoms with E-state index in [4.69, 9.17) is 4.74 Å². The van der Waals surface area contributed by atoms with E-state index < -0.39 is 0 Å². The summed E-state index contributed by atoms with van der Waals surface area (Å²) in [6, 6.07) is 8.30. The quantitative estimate of drug-likeness (QED) is 0.745. The number of nitrogens with one attached hydrogen (secondary N) is 1. The Bertz CT molecular complexity index is 400. The molecule has 0 atom stereocenters. The van der Waals surface area contributed by atoms with Gasteiger partial charge in [0.25, 0.3) is 0 Å². The maximum atomic E-state index is 5.82. The van der Waals surface area contributed by atoms with E-state index in [9.17, 15) is 0 Å². The Labute approximate surface area is 129 Å². The van der Waals surface area contributed by atoms with Gasteiger partial charge in [-0.15, -0.1) is 0 Å². The highest BCUT2D eigenvalue weighted by Gasteiger charge is 2.18. The van der Waals surface area contributed by atoms with Crippen LogP contribution in [-0.4, -0.2) is 44.7 Å². The number of hydrogen-bond donors (Lipinski definition) is 1. The van der Waals surface area contributed by atoms with Crippen molar-refractivity contribution in [2.75, 3.05) is 39.8 Å². The highest BCUT2D eigenvalue weighted by atomic mass is 16.5. The van der Waals surface area contributed by atoms with Crippen LogP contribution in [0.4, 0.5) is 0 Å². The van der Waals surface area contributed by atoms with Gasteiger partial charge in [-0.3, -0.25) is 0 Å². The Balaban J connectivity index is 1.56. The number of nitrogens with zero attached hydrogens (tertiary/aromatic N) is 1. The van der Waals surface area contributed by atoms with Gasteiger partial charge in [0.05, 0.1) is 6.61 Å². The summed E-state index contributed by atoms with van der Waals surface area (Å²) < 4.78 is 5.82. The molecule has 0 bridgehead atoms. The van der Waals surface area contributed by atoms with E-state index in [-0.39, 0.29) is 0 Å². The minimum absolute atomic E-state index is 0.823. The zero-order valence-corrected chi connectivity index (χ0v) is 13.6. The lowest BCUT2D eigenvalue weighted by molar-refractivity contribution is 0.167. The Hall–Kier alpha value is -1.06.